The molecule has 4 atom stereocenters. The van der Waals surface area contributed by atoms with Crippen molar-refractivity contribution >= 4 is 11.6 Å². The van der Waals surface area contributed by atoms with Crippen molar-refractivity contribution in [3.8, 4) is 0 Å². The van der Waals surface area contributed by atoms with Gasteiger partial charge in [-0.3, -0.25) is 9.97 Å². The number of hydrogen-bond donors (Lipinski definition) is 4. The van der Waals surface area contributed by atoms with Crippen LogP contribution in [0, 0.1) is 41.3 Å². The van der Waals surface area contributed by atoms with Crippen LogP contribution in [0.3, 0.4) is 0 Å². The molecule has 0 amide bonds. The van der Waals surface area contributed by atoms with E-state index < -0.39 is 0 Å². The monoisotopic (exact) mass is 660 g/mol. The molecule has 8 aliphatic carbocycles. The Bertz CT molecular complexity index is 1200. The Hall–Kier alpha value is -1.76. The number of ether oxygens (including phenoxy) is 3. The molecule has 0 radical (unpaired) electrons. The molecule has 8 bridgehead atoms. The largest absolute Gasteiger partial charge is 0.378 e. The van der Waals surface area contributed by atoms with Crippen LogP contribution in [0.25, 0.3) is 0 Å². The number of aromatic nitrogens is 2. The smallest absolute Gasteiger partial charge is 0.147 e. The van der Waals surface area contributed by atoms with Gasteiger partial charge >= 0.3 is 0 Å². The van der Waals surface area contributed by atoms with E-state index in [9.17, 15) is 4.39 Å². The third-order valence-corrected chi connectivity index (χ3v) is 12.0. The summed E-state index contributed by atoms with van der Waals surface area (Å²) in [4.78, 5) is 7.37. The number of hydrogen-bond acceptors (Lipinski definition) is 9. The van der Waals surface area contributed by atoms with Crippen LogP contribution in [0.5, 0.6) is 0 Å². The zero-order chi connectivity index (χ0) is 32.9. The third-order valence-electron chi connectivity index (χ3n) is 11.6. The average Bonchev–Trinajstić information content (AvgIpc) is 3.06. The van der Waals surface area contributed by atoms with E-state index in [2.05, 4.69) is 9.97 Å². The highest BCUT2D eigenvalue weighted by Crippen LogP contribution is 2.57. The second-order valence-electron chi connectivity index (χ2n) is 14.6. The Morgan fingerprint density at radius 1 is 0.761 bits per heavy atom. The van der Waals surface area contributed by atoms with Gasteiger partial charge in [-0.05, 0) is 117 Å². The number of nitrogens with zero attached hydrogens (tertiary/aromatic N) is 2. The van der Waals surface area contributed by atoms with Gasteiger partial charge < -0.3 is 37.1 Å². The summed E-state index contributed by atoms with van der Waals surface area (Å²) in [6, 6.07) is 4.30. The zero-order valence-electron chi connectivity index (χ0n) is 27.5. The molecular weight excluding hydrogens is 607 g/mol. The maximum Gasteiger partial charge on any atom is 0.147 e. The van der Waals surface area contributed by atoms with Crippen molar-refractivity contribution in [2.24, 2.45) is 58.4 Å². The minimum absolute atomic E-state index is 0.127. The van der Waals surface area contributed by atoms with Crippen LogP contribution in [-0.4, -0.2) is 54.3 Å². The normalized spacial score (nSPS) is 37.4. The Balaban J connectivity index is 0.000000124. The molecule has 11 heteroatoms. The lowest BCUT2D eigenvalue weighted by molar-refractivity contribution is -0.207. The van der Waals surface area contributed by atoms with Crippen LogP contribution in [0.2, 0.25) is 5.02 Å². The quantitative estimate of drug-likeness (QED) is 0.316. The average molecular weight is 661 g/mol. The molecule has 0 aliphatic heterocycles. The lowest BCUT2D eigenvalue weighted by atomic mass is 9.52. The Kier molecular flexibility index (Phi) is 12.1. The predicted octanol–water partition coefficient (Wildman–Crippen LogP) is 4.92. The number of halogens is 2. The second-order valence-corrected chi connectivity index (χ2v) is 15.0. The summed E-state index contributed by atoms with van der Waals surface area (Å²) >= 11 is 5.68. The van der Waals surface area contributed by atoms with Crippen molar-refractivity contribution in [2.45, 2.75) is 101 Å². The van der Waals surface area contributed by atoms with Crippen LogP contribution in [-0.2, 0) is 27.3 Å². The van der Waals surface area contributed by atoms with Gasteiger partial charge in [-0.15, -0.1) is 0 Å². The van der Waals surface area contributed by atoms with Gasteiger partial charge in [0.1, 0.15) is 12.6 Å². The van der Waals surface area contributed by atoms with Gasteiger partial charge in [0.05, 0.1) is 22.4 Å². The van der Waals surface area contributed by atoms with E-state index in [1.54, 1.807) is 25.6 Å². The number of pyridine rings is 2. The van der Waals surface area contributed by atoms with Crippen molar-refractivity contribution in [3.05, 3.63) is 58.9 Å². The van der Waals surface area contributed by atoms with Gasteiger partial charge in [0.25, 0.3) is 0 Å². The molecule has 4 unspecified atom stereocenters. The van der Waals surface area contributed by atoms with E-state index in [4.69, 9.17) is 48.7 Å². The van der Waals surface area contributed by atoms with Crippen LogP contribution >= 0.6 is 11.6 Å². The standard InChI is InChI=1S/C12H21NO2.C11H19NO.C6H7ClN2.C6H7FN2/c1-14-7-15-12-4-8-2-9(5-12)11(13)10(3-8)6-12;1-13-11-4-7-2-8(5-11)10(12)9(3-7)6-11;2*7-6-4-9-2-1-5(6)3-8/h8-11H,2-7,13H2,1H3;7-10H,2-6,12H2,1H3;2*1-2,4H,3,8H2. The van der Waals surface area contributed by atoms with E-state index in [0.717, 1.165) is 35.4 Å². The highest BCUT2D eigenvalue weighted by Gasteiger charge is 2.56. The molecule has 0 aromatic carbocycles. The molecule has 2 aromatic heterocycles. The Labute approximate surface area is 278 Å². The molecule has 0 saturated heterocycles. The first kappa shape index (κ1) is 35.5. The van der Waals surface area contributed by atoms with Crippen LogP contribution < -0.4 is 22.9 Å². The summed E-state index contributed by atoms with van der Waals surface area (Å²) in [7, 11) is 3.59. The van der Waals surface area contributed by atoms with Crippen molar-refractivity contribution in [2.75, 3.05) is 21.0 Å². The van der Waals surface area contributed by atoms with E-state index in [1.807, 2.05) is 13.2 Å². The van der Waals surface area contributed by atoms with Crippen molar-refractivity contribution in [3.63, 3.8) is 0 Å². The molecule has 10 rings (SSSR count). The van der Waals surface area contributed by atoms with Crippen LogP contribution in [0.15, 0.2) is 36.9 Å². The Morgan fingerprint density at radius 2 is 1.24 bits per heavy atom. The maximum absolute atomic E-state index is 12.4. The fourth-order valence-electron chi connectivity index (χ4n) is 9.73. The molecule has 9 nitrogen and oxygen atoms in total. The summed E-state index contributed by atoms with van der Waals surface area (Å²) < 4.78 is 29.2. The Morgan fingerprint density at radius 3 is 1.65 bits per heavy atom. The first-order valence-electron chi connectivity index (χ1n) is 16.9. The van der Waals surface area contributed by atoms with Crippen LogP contribution in [0.4, 0.5) is 4.39 Å². The van der Waals surface area contributed by atoms with Gasteiger partial charge in [0, 0.05) is 63.5 Å². The lowest BCUT2D eigenvalue weighted by Crippen LogP contribution is -2.60. The SMILES string of the molecule is COC12CC3CC(C1)C(N)C(C3)C2.COCOC12CC3CC(C1)C(N)C(C3)C2.NCc1ccncc1Cl.NCc1ccncc1F. The van der Waals surface area contributed by atoms with Crippen LogP contribution in [0.1, 0.15) is 75.3 Å². The highest BCUT2D eigenvalue weighted by atomic mass is 35.5. The molecule has 8 fully saturated rings. The molecule has 46 heavy (non-hydrogen) atoms. The molecule has 2 heterocycles. The summed E-state index contributed by atoms with van der Waals surface area (Å²) in [5, 5.41) is 0.639. The molecule has 0 spiro atoms. The molecule has 8 N–H and O–H groups in total. The zero-order valence-corrected chi connectivity index (χ0v) is 28.2. The molecule has 8 aliphatic rings. The fraction of sp³-hybridized carbons (Fsp3) is 0.714. The van der Waals surface area contributed by atoms with Crippen molar-refractivity contribution in [1.82, 2.24) is 9.97 Å². The number of methoxy groups -OCH3 is 2. The molecule has 256 valence electrons. The van der Waals surface area contributed by atoms with Gasteiger partial charge in [-0.2, -0.15) is 0 Å². The summed E-state index contributed by atoms with van der Waals surface area (Å²) in [5.41, 5.74) is 24.8. The van der Waals surface area contributed by atoms with E-state index in [-0.39, 0.29) is 23.6 Å². The first-order valence-corrected chi connectivity index (χ1v) is 17.3. The minimum Gasteiger partial charge on any atom is -0.378 e. The predicted molar refractivity (Wildman–Crippen MR) is 178 cm³/mol. The molecule has 2 aromatic rings. The first-order chi connectivity index (χ1) is 22.1. The van der Waals surface area contributed by atoms with Gasteiger partial charge in [0.2, 0.25) is 0 Å². The fourth-order valence-corrected chi connectivity index (χ4v) is 9.92. The van der Waals surface area contributed by atoms with Crippen molar-refractivity contribution in [1.29, 1.82) is 0 Å². The summed E-state index contributed by atoms with van der Waals surface area (Å²) in [5.74, 6) is 4.44. The maximum atomic E-state index is 12.4. The topological polar surface area (TPSA) is 158 Å². The molecule has 8 saturated carbocycles. The van der Waals surface area contributed by atoms with E-state index in [0.29, 0.717) is 47.8 Å². The minimum atomic E-state index is -0.333. The second kappa shape index (κ2) is 15.6. The highest BCUT2D eigenvalue weighted by molar-refractivity contribution is 6.31. The van der Waals surface area contributed by atoms with Gasteiger partial charge in [-0.25, -0.2) is 4.39 Å². The van der Waals surface area contributed by atoms with E-state index in [1.165, 1.54) is 70.4 Å². The molecular formula is C35H54ClFN6O3. The van der Waals surface area contributed by atoms with E-state index >= 15 is 0 Å². The number of nitrogens with two attached hydrogens (primary N) is 4. The lowest BCUT2D eigenvalue weighted by Gasteiger charge is -2.58. The van der Waals surface area contributed by atoms with Crippen molar-refractivity contribution < 1.29 is 18.6 Å². The summed E-state index contributed by atoms with van der Waals surface area (Å²) in [6.07, 6.45) is 18.7. The third kappa shape index (κ3) is 8.09. The number of rotatable bonds is 6. The van der Waals surface area contributed by atoms with Gasteiger partial charge in [0.15, 0.2) is 0 Å². The summed E-state index contributed by atoms with van der Waals surface area (Å²) in [6.45, 7) is 1.15. The van der Waals surface area contributed by atoms with Gasteiger partial charge in [-0.1, -0.05) is 11.6 Å².